The van der Waals surface area contributed by atoms with Gasteiger partial charge in [0.1, 0.15) is 22.6 Å². The Kier molecular flexibility index (Phi) is 3.15. The molecule has 0 aliphatic carbocycles. The molecular weight excluding hydrogens is 283 g/mol. The molecule has 0 radical (unpaired) electrons. The molecule has 0 unspecified atom stereocenters. The Balaban J connectivity index is 2.22. The van der Waals surface area contributed by atoms with E-state index in [2.05, 4.69) is 11.1 Å². The fraction of sp³-hybridized carbons (Fsp3) is 0.500. The lowest BCUT2D eigenvalue weighted by atomic mass is 9.67. The van der Waals surface area contributed by atoms with Crippen molar-refractivity contribution in [3.05, 3.63) is 29.6 Å². The topological polar surface area (TPSA) is 97.4 Å². The van der Waals surface area contributed by atoms with Gasteiger partial charge in [0, 0.05) is 17.2 Å². The van der Waals surface area contributed by atoms with Crippen molar-refractivity contribution in [1.82, 2.24) is 0 Å². The first-order valence-corrected chi connectivity index (χ1v) is 7.26. The van der Waals surface area contributed by atoms with Crippen LogP contribution in [-0.4, -0.2) is 18.5 Å². The van der Waals surface area contributed by atoms with Gasteiger partial charge in [-0.1, -0.05) is 0 Å². The number of nitrogens with two attached hydrogens (primary N) is 2. The van der Waals surface area contributed by atoms with E-state index < -0.39 is 11.0 Å². The molecule has 1 aromatic rings. The summed E-state index contributed by atoms with van der Waals surface area (Å²) < 4.78 is 20.2. The molecule has 1 aromatic carbocycles. The SMILES string of the molecule is C[C@H]1OC[C@]2(c3cc(N)ccc3F)N=C(N)[C@](C)(C#N)C[C@H]12. The van der Waals surface area contributed by atoms with Gasteiger partial charge in [0.05, 0.1) is 18.8 Å². The number of benzene rings is 1. The zero-order chi connectivity index (χ0) is 16.1. The Morgan fingerprint density at radius 2 is 2.18 bits per heavy atom. The number of rotatable bonds is 1. The summed E-state index contributed by atoms with van der Waals surface area (Å²) in [6.07, 6.45) is 0.346. The second-order valence-corrected chi connectivity index (χ2v) is 6.43. The molecule has 116 valence electrons. The number of ether oxygens (including phenoxy) is 1. The smallest absolute Gasteiger partial charge is 0.129 e. The second-order valence-electron chi connectivity index (χ2n) is 6.43. The molecule has 2 heterocycles. The summed E-state index contributed by atoms with van der Waals surface area (Å²) in [5.74, 6) is -0.277. The van der Waals surface area contributed by atoms with Crippen LogP contribution in [0.5, 0.6) is 0 Å². The molecule has 3 rings (SSSR count). The summed E-state index contributed by atoms with van der Waals surface area (Å²) in [7, 11) is 0. The number of nitrogens with zero attached hydrogens (tertiary/aromatic N) is 2. The molecule has 4 atom stereocenters. The maximum Gasteiger partial charge on any atom is 0.129 e. The predicted octanol–water partition coefficient (Wildman–Crippen LogP) is 1.93. The monoisotopic (exact) mass is 302 g/mol. The van der Waals surface area contributed by atoms with E-state index in [4.69, 9.17) is 16.2 Å². The number of anilines is 1. The van der Waals surface area contributed by atoms with Gasteiger partial charge in [-0.15, -0.1) is 0 Å². The molecule has 6 heteroatoms. The number of aliphatic imine (C=N–C) groups is 1. The van der Waals surface area contributed by atoms with Crippen LogP contribution in [0.4, 0.5) is 10.1 Å². The van der Waals surface area contributed by atoms with Gasteiger partial charge in [-0.2, -0.15) is 5.26 Å². The van der Waals surface area contributed by atoms with E-state index in [1.54, 1.807) is 13.0 Å². The molecule has 4 N–H and O–H groups in total. The summed E-state index contributed by atoms with van der Waals surface area (Å²) in [4.78, 5) is 4.57. The highest BCUT2D eigenvalue weighted by Crippen LogP contribution is 2.52. The van der Waals surface area contributed by atoms with Crippen LogP contribution < -0.4 is 11.5 Å². The van der Waals surface area contributed by atoms with Crippen LogP contribution in [0, 0.1) is 28.5 Å². The van der Waals surface area contributed by atoms with Gasteiger partial charge in [0.2, 0.25) is 0 Å². The summed E-state index contributed by atoms with van der Waals surface area (Å²) in [6, 6.07) is 6.67. The molecule has 1 fully saturated rings. The normalized spacial score (nSPS) is 37.3. The van der Waals surface area contributed by atoms with Crippen LogP contribution in [0.25, 0.3) is 0 Å². The van der Waals surface area contributed by atoms with E-state index in [0.717, 1.165) is 0 Å². The van der Waals surface area contributed by atoms with Gasteiger partial charge >= 0.3 is 0 Å². The lowest BCUT2D eigenvalue weighted by Crippen LogP contribution is -2.49. The maximum atomic E-state index is 14.4. The Bertz CT molecular complexity index is 698. The standard InChI is InChI=1S/C16H19FN4O/c1-9-12-6-15(2,7-18)14(20)21-16(12,8-22-9)11-5-10(19)3-4-13(11)17/h3-5,9,12H,6,8,19H2,1-2H3,(H2,20,21)/t9-,12-,15+,16-/m1/s1. The quantitative estimate of drug-likeness (QED) is 0.774. The summed E-state index contributed by atoms with van der Waals surface area (Å²) in [5, 5.41) is 9.43. The molecular formula is C16H19FN4O. The molecule has 0 bridgehead atoms. The van der Waals surface area contributed by atoms with Crippen molar-refractivity contribution in [3.63, 3.8) is 0 Å². The number of fused-ring (bicyclic) bond motifs is 1. The summed E-state index contributed by atoms with van der Waals surface area (Å²) in [5.41, 5.74) is 11.0. The fourth-order valence-electron chi connectivity index (χ4n) is 3.52. The number of amidine groups is 1. The molecule has 2 aliphatic rings. The van der Waals surface area contributed by atoms with E-state index >= 15 is 0 Å². The zero-order valence-electron chi connectivity index (χ0n) is 12.6. The van der Waals surface area contributed by atoms with Crippen molar-refractivity contribution < 1.29 is 9.13 Å². The summed E-state index contributed by atoms with van der Waals surface area (Å²) >= 11 is 0. The highest BCUT2D eigenvalue weighted by Gasteiger charge is 2.57. The number of nitrogen functional groups attached to an aromatic ring is 1. The van der Waals surface area contributed by atoms with Crippen molar-refractivity contribution in [2.75, 3.05) is 12.3 Å². The minimum absolute atomic E-state index is 0.124. The predicted molar refractivity (Wildman–Crippen MR) is 81.4 cm³/mol. The second kappa shape index (κ2) is 4.68. The number of hydrogen-bond donors (Lipinski definition) is 2. The molecule has 0 saturated carbocycles. The van der Waals surface area contributed by atoms with Crippen molar-refractivity contribution >= 4 is 11.5 Å². The molecule has 0 spiro atoms. The van der Waals surface area contributed by atoms with Crippen molar-refractivity contribution in [3.8, 4) is 6.07 Å². The highest BCUT2D eigenvalue weighted by atomic mass is 19.1. The van der Waals surface area contributed by atoms with Crippen LogP contribution in [-0.2, 0) is 10.3 Å². The third kappa shape index (κ3) is 1.89. The largest absolute Gasteiger partial charge is 0.399 e. The van der Waals surface area contributed by atoms with Gasteiger partial charge in [0.15, 0.2) is 0 Å². The lowest BCUT2D eigenvalue weighted by Gasteiger charge is -2.41. The molecule has 22 heavy (non-hydrogen) atoms. The van der Waals surface area contributed by atoms with Gasteiger partial charge in [0.25, 0.3) is 0 Å². The van der Waals surface area contributed by atoms with Crippen molar-refractivity contribution in [2.24, 2.45) is 22.1 Å². The van der Waals surface area contributed by atoms with Gasteiger partial charge in [-0.25, -0.2) is 4.39 Å². The number of hydrogen-bond acceptors (Lipinski definition) is 5. The molecule has 1 saturated heterocycles. The molecule has 0 aromatic heterocycles. The Morgan fingerprint density at radius 1 is 1.45 bits per heavy atom. The van der Waals surface area contributed by atoms with Crippen LogP contribution in [0.1, 0.15) is 25.8 Å². The summed E-state index contributed by atoms with van der Waals surface area (Å²) in [6.45, 7) is 3.92. The third-order valence-corrected chi connectivity index (χ3v) is 4.96. The maximum absolute atomic E-state index is 14.4. The van der Waals surface area contributed by atoms with Gasteiger partial charge < -0.3 is 16.2 Å². The van der Waals surface area contributed by atoms with E-state index in [-0.39, 0.29) is 30.3 Å². The first kappa shape index (κ1) is 14.8. The van der Waals surface area contributed by atoms with E-state index in [9.17, 15) is 9.65 Å². The first-order chi connectivity index (χ1) is 10.3. The van der Waals surface area contributed by atoms with Gasteiger partial charge in [-0.05, 0) is 38.5 Å². The minimum Gasteiger partial charge on any atom is -0.399 e. The fourth-order valence-corrected chi connectivity index (χ4v) is 3.52. The van der Waals surface area contributed by atoms with Crippen molar-refractivity contribution in [2.45, 2.75) is 31.9 Å². The Morgan fingerprint density at radius 3 is 2.86 bits per heavy atom. The highest BCUT2D eigenvalue weighted by molar-refractivity contribution is 5.90. The number of nitriles is 1. The average Bonchev–Trinajstić information content (AvgIpc) is 2.80. The zero-order valence-corrected chi connectivity index (χ0v) is 12.6. The van der Waals surface area contributed by atoms with Crippen LogP contribution >= 0.6 is 0 Å². The van der Waals surface area contributed by atoms with Crippen LogP contribution in [0.3, 0.4) is 0 Å². The van der Waals surface area contributed by atoms with E-state index in [1.807, 2.05) is 6.92 Å². The van der Waals surface area contributed by atoms with E-state index in [1.165, 1.54) is 12.1 Å². The average molecular weight is 302 g/mol. The van der Waals surface area contributed by atoms with Crippen molar-refractivity contribution in [1.29, 1.82) is 5.26 Å². The molecule has 2 aliphatic heterocycles. The Labute approximate surface area is 128 Å². The molecule has 0 amide bonds. The van der Waals surface area contributed by atoms with Crippen LogP contribution in [0.2, 0.25) is 0 Å². The molecule has 5 nitrogen and oxygen atoms in total. The Hall–Kier alpha value is -2.13. The third-order valence-electron chi connectivity index (χ3n) is 4.96. The lowest BCUT2D eigenvalue weighted by molar-refractivity contribution is 0.0996. The van der Waals surface area contributed by atoms with Gasteiger partial charge in [-0.3, -0.25) is 4.99 Å². The van der Waals surface area contributed by atoms with Crippen LogP contribution in [0.15, 0.2) is 23.2 Å². The van der Waals surface area contributed by atoms with E-state index in [0.29, 0.717) is 17.7 Å². The minimum atomic E-state index is -0.903. The number of halogens is 1. The first-order valence-electron chi connectivity index (χ1n) is 7.26.